The van der Waals surface area contributed by atoms with Crippen molar-refractivity contribution in [3.05, 3.63) is 58.7 Å². The molecule has 0 N–H and O–H groups in total. The first-order valence-electron chi connectivity index (χ1n) is 6.12. The van der Waals surface area contributed by atoms with Gasteiger partial charge in [0.15, 0.2) is 0 Å². The molecular weight excluding hydrogens is 292 g/mol. The summed E-state index contributed by atoms with van der Waals surface area (Å²) in [6.45, 7) is 0. The normalized spacial score (nSPS) is 10.3. The van der Waals surface area contributed by atoms with Gasteiger partial charge in [-0.3, -0.25) is 4.79 Å². The monoisotopic (exact) mass is 306 g/mol. The Bertz CT molecular complexity index is 616. The summed E-state index contributed by atoms with van der Waals surface area (Å²) in [6.07, 6.45) is 1.70. The maximum atomic E-state index is 12.1. The lowest BCUT2D eigenvalue weighted by molar-refractivity contribution is 0.0823. The molecule has 2 rings (SSSR count). The number of carbonyl (C=O) groups is 1. The molecule has 0 bridgehead atoms. The molecule has 0 saturated carbocycles. The van der Waals surface area contributed by atoms with Crippen LogP contribution < -0.4 is 0 Å². The van der Waals surface area contributed by atoms with Gasteiger partial charge in [-0.05, 0) is 23.8 Å². The van der Waals surface area contributed by atoms with Crippen LogP contribution in [0, 0.1) is 0 Å². The van der Waals surface area contributed by atoms with Gasteiger partial charge in [0.05, 0.1) is 5.56 Å². The molecule has 0 fully saturated rings. The fourth-order valence-electron chi connectivity index (χ4n) is 1.67. The molecular formula is C15H15ClN2OS. The summed E-state index contributed by atoms with van der Waals surface area (Å²) in [6, 6.07) is 11.3. The Labute approximate surface area is 128 Å². The molecule has 0 aliphatic heterocycles. The van der Waals surface area contributed by atoms with Crippen LogP contribution in [0.4, 0.5) is 0 Å². The average molecular weight is 307 g/mol. The molecule has 5 heteroatoms. The molecule has 1 amide bonds. The fourth-order valence-corrected chi connectivity index (χ4v) is 2.94. The number of carbonyl (C=O) groups excluding carboxylic acids is 1. The lowest BCUT2D eigenvalue weighted by atomic mass is 10.2. The van der Waals surface area contributed by atoms with Crippen molar-refractivity contribution in [3.63, 3.8) is 0 Å². The molecule has 0 radical (unpaired) electrons. The van der Waals surface area contributed by atoms with E-state index in [1.165, 1.54) is 11.8 Å². The highest BCUT2D eigenvalue weighted by molar-refractivity contribution is 7.98. The van der Waals surface area contributed by atoms with E-state index in [-0.39, 0.29) is 5.91 Å². The quantitative estimate of drug-likeness (QED) is 0.807. The first-order valence-corrected chi connectivity index (χ1v) is 7.49. The van der Waals surface area contributed by atoms with Gasteiger partial charge in [-0.1, -0.05) is 29.8 Å². The van der Waals surface area contributed by atoms with E-state index in [9.17, 15) is 4.79 Å². The van der Waals surface area contributed by atoms with Gasteiger partial charge in [0.25, 0.3) is 5.91 Å². The molecule has 1 aromatic heterocycles. The molecule has 0 aliphatic carbocycles. The van der Waals surface area contributed by atoms with Crippen LogP contribution in [0.2, 0.25) is 5.02 Å². The lowest BCUT2D eigenvalue weighted by Gasteiger charge is -2.13. The third-order valence-electron chi connectivity index (χ3n) is 2.73. The van der Waals surface area contributed by atoms with E-state index in [1.807, 2.05) is 24.3 Å². The van der Waals surface area contributed by atoms with Crippen LogP contribution in [0.5, 0.6) is 0 Å². The van der Waals surface area contributed by atoms with E-state index in [1.54, 1.807) is 37.3 Å². The van der Waals surface area contributed by atoms with Crippen molar-refractivity contribution >= 4 is 29.3 Å². The minimum absolute atomic E-state index is 0.0419. The number of hydrogen-bond acceptors (Lipinski definition) is 3. The van der Waals surface area contributed by atoms with Gasteiger partial charge in [-0.15, -0.1) is 11.8 Å². The van der Waals surface area contributed by atoms with Crippen LogP contribution in [0.1, 0.15) is 15.9 Å². The second-order valence-electron chi connectivity index (χ2n) is 4.44. The molecule has 1 aromatic carbocycles. The zero-order valence-corrected chi connectivity index (χ0v) is 12.9. The van der Waals surface area contributed by atoms with Crippen LogP contribution in [-0.2, 0) is 5.75 Å². The zero-order valence-electron chi connectivity index (χ0n) is 11.3. The number of amides is 1. The van der Waals surface area contributed by atoms with Crippen molar-refractivity contribution in [2.24, 2.45) is 0 Å². The van der Waals surface area contributed by atoms with E-state index in [2.05, 4.69) is 4.98 Å². The fraction of sp³-hybridized carbons (Fsp3) is 0.200. The Balaban J connectivity index is 2.18. The minimum Gasteiger partial charge on any atom is -0.345 e. The predicted molar refractivity (Wildman–Crippen MR) is 83.3 cm³/mol. The Morgan fingerprint density at radius 2 is 2.00 bits per heavy atom. The topological polar surface area (TPSA) is 33.2 Å². The van der Waals surface area contributed by atoms with Crippen molar-refractivity contribution in [1.82, 2.24) is 9.88 Å². The van der Waals surface area contributed by atoms with Crippen molar-refractivity contribution < 1.29 is 4.79 Å². The number of thioether (sulfide) groups is 1. The number of aromatic nitrogens is 1. The summed E-state index contributed by atoms with van der Waals surface area (Å²) < 4.78 is 0. The number of benzene rings is 1. The number of nitrogens with zero attached hydrogens (tertiary/aromatic N) is 2. The summed E-state index contributed by atoms with van der Waals surface area (Å²) in [5.74, 6) is 0.643. The van der Waals surface area contributed by atoms with E-state index in [0.29, 0.717) is 11.3 Å². The molecule has 0 atom stereocenters. The molecule has 2 aromatic rings. The van der Waals surface area contributed by atoms with Crippen molar-refractivity contribution in [2.45, 2.75) is 10.8 Å². The highest BCUT2D eigenvalue weighted by Crippen LogP contribution is 2.27. The third-order valence-corrected chi connectivity index (χ3v) is 4.15. The van der Waals surface area contributed by atoms with Crippen LogP contribution in [-0.4, -0.2) is 29.9 Å². The first kappa shape index (κ1) is 14.9. The van der Waals surface area contributed by atoms with Crippen LogP contribution in [0.15, 0.2) is 47.6 Å². The summed E-state index contributed by atoms with van der Waals surface area (Å²) in [4.78, 5) is 17.9. The van der Waals surface area contributed by atoms with E-state index in [4.69, 9.17) is 11.6 Å². The SMILES string of the molecule is CN(C)C(=O)c1cccnc1SCc1ccccc1Cl. The van der Waals surface area contributed by atoms with E-state index >= 15 is 0 Å². The Kier molecular flexibility index (Phi) is 5.04. The molecule has 0 aliphatic rings. The Morgan fingerprint density at radius 3 is 2.70 bits per heavy atom. The Morgan fingerprint density at radius 1 is 1.25 bits per heavy atom. The minimum atomic E-state index is -0.0419. The maximum absolute atomic E-state index is 12.1. The maximum Gasteiger partial charge on any atom is 0.256 e. The zero-order chi connectivity index (χ0) is 14.5. The summed E-state index contributed by atoms with van der Waals surface area (Å²) >= 11 is 7.65. The molecule has 20 heavy (non-hydrogen) atoms. The van der Waals surface area contributed by atoms with Crippen molar-refractivity contribution in [1.29, 1.82) is 0 Å². The van der Waals surface area contributed by atoms with E-state index < -0.39 is 0 Å². The number of halogens is 1. The van der Waals surface area contributed by atoms with Gasteiger partial charge >= 0.3 is 0 Å². The average Bonchev–Trinajstić information content (AvgIpc) is 2.46. The molecule has 0 spiro atoms. The molecule has 3 nitrogen and oxygen atoms in total. The molecule has 1 heterocycles. The van der Waals surface area contributed by atoms with Gasteiger partial charge in [0, 0.05) is 31.1 Å². The highest BCUT2D eigenvalue weighted by atomic mass is 35.5. The van der Waals surface area contributed by atoms with Crippen molar-refractivity contribution in [3.8, 4) is 0 Å². The Hall–Kier alpha value is -1.52. The molecule has 104 valence electrons. The summed E-state index contributed by atoms with van der Waals surface area (Å²) in [5.41, 5.74) is 1.66. The van der Waals surface area contributed by atoms with Crippen LogP contribution in [0.25, 0.3) is 0 Å². The number of rotatable bonds is 4. The lowest BCUT2D eigenvalue weighted by Crippen LogP contribution is -2.22. The third kappa shape index (κ3) is 3.52. The summed E-state index contributed by atoms with van der Waals surface area (Å²) in [5, 5.41) is 1.46. The van der Waals surface area contributed by atoms with Crippen LogP contribution >= 0.6 is 23.4 Å². The van der Waals surface area contributed by atoms with Crippen molar-refractivity contribution in [2.75, 3.05) is 14.1 Å². The smallest absolute Gasteiger partial charge is 0.256 e. The second kappa shape index (κ2) is 6.77. The molecule has 0 saturated heterocycles. The van der Waals surface area contributed by atoms with Gasteiger partial charge in [-0.25, -0.2) is 4.98 Å². The summed E-state index contributed by atoms with van der Waals surface area (Å²) in [7, 11) is 3.47. The number of pyridine rings is 1. The highest BCUT2D eigenvalue weighted by Gasteiger charge is 2.14. The van der Waals surface area contributed by atoms with Gasteiger partial charge in [0.2, 0.25) is 0 Å². The predicted octanol–water partition coefficient (Wildman–Crippen LogP) is 3.73. The first-order chi connectivity index (χ1) is 9.59. The van der Waals surface area contributed by atoms with E-state index in [0.717, 1.165) is 15.6 Å². The largest absolute Gasteiger partial charge is 0.345 e. The van der Waals surface area contributed by atoms with Crippen LogP contribution in [0.3, 0.4) is 0 Å². The molecule has 0 unspecified atom stereocenters. The second-order valence-corrected chi connectivity index (χ2v) is 5.81. The van der Waals surface area contributed by atoms with Gasteiger partial charge in [0.1, 0.15) is 5.03 Å². The standard InChI is InChI=1S/C15H15ClN2OS/c1-18(2)15(19)12-7-5-9-17-14(12)20-10-11-6-3-4-8-13(11)16/h3-9H,10H2,1-2H3. The van der Waals surface area contributed by atoms with Gasteiger partial charge in [-0.2, -0.15) is 0 Å². The van der Waals surface area contributed by atoms with Gasteiger partial charge < -0.3 is 4.90 Å². The number of hydrogen-bond donors (Lipinski definition) is 0.